The van der Waals surface area contributed by atoms with Gasteiger partial charge in [0, 0.05) is 94.7 Å². The molecule has 0 aromatic heterocycles. The molecule has 6 heteroatoms. The van der Waals surface area contributed by atoms with Gasteiger partial charge >= 0.3 is 0 Å². The zero-order chi connectivity index (χ0) is 7.98. The molecule has 0 spiro atoms. The summed E-state index contributed by atoms with van der Waals surface area (Å²) in [6.07, 6.45) is -1.35. The molecular weight excluding hydrogens is 588 g/mol. The van der Waals surface area contributed by atoms with E-state index < -0.39 is 6.29 Å². The minimum Gasteiger partial charge on any atom is -0.375 e. The van der Waals surface area contributed by atoms with Gasteiger partial charge in [-0.05, 0) is 14.1 Å². The summed E-state index contributed by atoms with van der Waals surface area (Å²) in [6, 6.07) is 0. The number of hydrogen-bond acceptors (Lipinski definition) is 4. The van der Waals surface area contributed by atoms with E-state index in [0.29, 0.717) is 6.61 Å². The van der Waals surface area contributed by atoms with Crippen LogP contribution in [0.5, 0.6) is 0 Å². The number of likely N-dealkylation sites (N-methyl/N-ethyl adjacent to an activating group) is 1. The maximum atomic E-state index is 8.33. The molecule has 0 unspecified atom stereocenters. The molecule has 4 nitrogen and oxygen atoms in total. The molecule has 2 N–H and O–H groups in total. The Balaban J connectivity index is -0.000000405. The van der Waals surface area contributed by atoms with Crippen molar-refractivity contribution in [2.45, 2.75) is 6.29 Å². The Morgan fingerprint density at radius 2 is 1.75 bits per heavy atom. The van der Waals surface area contributed by atoms with E-state index in [4.69, 9.17) is 14.9 Å². The van der Waals surface area contributed by atoms with E-state index in [1.165, 1.54) is 0 Å². The van der Waals surface area contributed by atoms with E-state index in [1.807, 2.05) is 19.0 Å². The Morgan fingerprint density at radius 3 is 2.08 bits per heavy atom. The van der Waals surface area contributed by atoms with E-state index in [-0.39, 0.29) is 94.7 Å². The number of rotatable bonds is 5. The summed E-state index contributed by atoms with van der Waals surface area (Å²) >= 11 is 0. The van der Waals surface area contributed by atoms with Gasteiger partial charge in [-0.25, -0.2) is 0 Å². The first-order chi connectivity index (χ1) is 4.63. The van der Waals surface area contributed by atoms with Crippen molar-refractivity contribution in [3.05, 3.63) is 0 Å². The van der Waals surface area contributed by atoms with Crippen molar-refractivity contribution in [3.63, 3.8) is 0 Å². The van der Waals surface area contributed by atoms with E-state index in [1.54, 1.807) is 0 Å². The molecule has 0 heterocycles. The molecule has 0 bridgehead atoms. The predicted molar refractivity (Wildman–Crippen MR) is 37.6 cm³/mol. The summed E-state index contributed by atoms with van der Waals surface area (Å²) in [5.74, 6) is 0. The van der Waals surface area contributed by atoms with Gasteiger partial charge < -0.3 is 19.8 Å². The van der Waals surface area contributed by atoms with Crippen molar-refractivity contribution in [2.75, 3.05) is 33.9 Å². The predicted octanol–water partition coefficient (Wildman–Crippen LogP) is -1.12. The third-order valence-corrected chi connectivity index (χ3v) is 0.950. The summed E-state index contributed by atoms with van der Waals surface area (Å²) in [4.78, 5) is 1.96. The summed E-state index contributed by atoms with van der Waals surface area (Å²) < 4.78 is 4.86. The Hall–Kier alpha value is 2.72. The smallest absolute Gasteiger partial charge is 0.175 e. The van der Waals surface area contributed by atoms with Gasteiger partial charge in [0.25, 0.3) is 0 Å². The monoisotopic (exact) mass is 603 g/mol. The van der Waals surface area contributed by atoms with Crippen LogP contribution < -0.4 is 0 Å². The molecule has 0 aliphatic carbocycles. The normalized spacial score (nSPS) is 9.50. The molecule has 0 saturated heterocycles. The summed E-state index contributed by atoms with van der Waals surface area (Å²) in [6.45, 7) is 1.32. The van der Waals surface area contributed by atoms with Crippen molar-refractivity contribution in [1.82, 2.24) is 4.90 Å². The molecule has 0 saturated carbocycles. The second kappa shape index (κ2) is 13.7. The Bertz CT molecular complexity index is 73.2. The Morgan fingerprint density at radius 1 is 1.25 bits per heavy atom. The molecule has 12 heavy (non-hydrogen) atoms. The zero-order valence-corrected chi connectivity index (χ0v) is 17.1. The molecule has 0 fully saturated rings. The van der Waals surface area contributed by atoms with Crippen LogP contribution in [-0.4, -0.2) is 55.3 Å². The molecule has 0 aliphatic heterocycles. The van der Waals surface area contributed by atoms with Crippen LogP contribution in [0, 0.1) is 88.1 Å². The van der Waals surface area contributed by atoms with E-state index >= 15 is 0 Å². The van der Waals surface area contributed by atoms with E-state index in [2.05, 4.69) is 0 Å². The van der Waals surface area contributed by atoms with Crippen LogP contribution in [0.2, 0.25) is 0 Å². The Kier molecular flexibility index (Phi) is 23.1. The maximum Gasteiger partial charge on any atom is 0.175 e. The van der Waals surface area contributed by atoms with Gasteiger partial charge in [-0.15, -0.1) is 0 Å². The number of ether oxygens (including phenoxy) is 1. The zero-order valence-electron chi connectivity index (χ0n) is 7.60. The van der Waals surface area contributed by atoms with Crippen molar-refractivity contribution in [2.24, 2.45) is 0 Å². The second-order valence-electron chi connectivity index (χ2n) is 2.36. The fourth-order valence-corrected chi connectivity index (χ4v) is 0.436. The molecule has 0 rings (SSSR count). The number of aliphatic hydroxyl groups is 2. The maximum absolute atomic E-state index is 8.33. The van der Waals surface area contributed by atoms with Crippen LogP contribution in [0.1, 0.15) is 0 Å². The largest absolute Gasteiger partial charge is 0.375 e. The van der Waals surface area contributed by atoms with Crippen LogP contribution in [0.4, 0.5) is 0 Å². The quantitative estimate of drug-likeness (QED) is 0.309. The minimum absolute atomic E-state index is 0. The average Bonchev–Trinajstić information content (AvgIpc) is 1.79. The number of hydrogen-bond donors (Lipinski definition) is 2. The Labute approximate surface area is 145 Å². The summed E-state index contributed by atoms with van der Waals surface area (Å²) in [5, 5.41) is 16.7. The standard InChI is InChI=1S/C6H15NO3.2Ac/c1-7(2)3-4-10-5-6(8)9;;/h6,8-9H,3-5H2,1-2H3;;. The van der Waals surface area contributed by atoms with Crippen molar-refractivity contribution in [1.29, 1.82) is 0 Å². The molecular formula is C6H15Ac2NO3. The van der Waals surface area contributed by atoms with Crippen molar-refractivity contribution >= 4 is 0 Å². The van der Waals surface area contributed by atoms with Crippen molar-refractivity contribution < 1.29 is 103 Å². The van der Waals surface area contributed by atoms with Gasteiger partial charge in [-0.1, -0.05) is 0 Å². The topological polar surface area (TPSA) is 52.9 Å². The van der Waals surface area contributed by atoms with Gasteiger partial charge in [-0.2, -0.15) is 0 Å². The second-order valence-corrected chi connectivity index (χ2v) is 2.36. The van der Waals surface area contributed by atoms with E-state index in [0.717, 1.165) is 6.54 Å². The fraction of sp³-hybridized carbons (Fsp3) is 1.00. The molecule has 2 radical (unpaired) electrons. The van der Waals surface area contributed by atoms with Gasteiger partial charge in [0.1, 0.15) is 0 Å². The number of aliphatic hydroxyl groups excluding tert-OH is 1. The first-order valence-corrected chi connectivity index (χ1v) is 3.21. The third-order valence-electron chi connectivity index (χ3n) is 0.950. The number of nitrogens with zero attached hydrogens (tertiary/aromatic N) is 1. The molecule has 68 valence electrons. The fourth-order valence-electron chi connectivity index (χ4n) is 0.436. The van der Waals surface area contributed by atoms with Gasteiger partial charge in [0.05, 0.1) is 13.2 Å². The van der Waals surface area contributed by atoms with Crippen molar-refractivity contribution in [3.8, 4) is 0 Å². The molecule has 0 aromatic rings. The molecule has 0 aliphatic rings. The SMILES string of the molecule is CN(C)CCOCC(O)O.[Ac].[Ac]. The third kappa shape index (κ3) is 18.5. The molecule has 0 amide bonds. The van der Waals surface area contributed by atoms with Crippen LogP contribution in [-0.2, 0) is 4.74 Å². The van der Waals surface area contributed by atoms with Gasteiger partial charge in [0.2, 0.25) is 0 Å². The summed E-state index contributed by atoms with van der Waals surface area (Å²) in [7, 11) is 3.86. The summed E-state index contributed by atoms with van der Waals surface area (Å²) in [5.41, 5.74) is 0. The minimum atomic E-state index is -1.35. The van der Waals surface area contributed by atoms with Gasteiger partial charge in [0.15, 0.2) is 6.29 Å². The van der Waals surface area contributed by atoms with Crippen LogP contribution in [0.3, 0.4) is 0 Å². The first-order valence-electron chi connectivity index (χ1n) is 3.21. The van der Waals surface area contributed by atoms with E-state index in [9.17, 15) is 0 Å². The van der Waals surface area contributed by atoms with Crippen LogP contribution in [0.15, 0.2) is 0 Å². The average molecular weight is 603 g/mol. The van der Waals surface area contributed by atoms with Crippen LogP contribution in [0.25, 0.3) is 0 Å². The van der Waals surface area contributed by atoms with Crippen LogP contribution >= 0.6 is 0 Å². The molecule has 0 atom stereocenters. The van der Waals surface area contributed by atoms with Gasteiger partial charge in [-0.3, -0.25) is 0 Å². The molecule has 0 aromatic carbocycles. The first kappa shape index (κ1) is 20.2.